The molecule has 0 fully saturated rings. The Balaban J connectivity index is 1.71. The van der Waals surface area contributed by atoms with Gasteiger partial charge in [0.2, 0.25) is 0 Å². The minimum Gasteiger partial charge on any atom is -0.440 e. The third-order valence-corrected chi connectivity index (χ3v) is 6.86. The summed E-state index contributed by atoms with van der Waals surface area (Å²) in [6.45, 7) is 2.94. The first kappa shape index (κ1) is 28.9. The van der Waals surface area contributed by atoms with Crippen LogP contribution < -0.4 is 4.74 Å². The van der Waals surface area contributed by atoms with Gasteiger partial charge in [0, 0.05) is 24.2 Å². The maximum atomic E-state index is 13.5. The van der Waals surface area contributed by atoms with Crippen molar-refractivity contribution < 1.29 is 43.9 Å². The van der Waals surface area contributed by atoms with Gasteiger partial charge in [-0.1, -0.05) is 18.2 Å². The van der Waals surface area contributed by atoms with Crippen LogP contribution in [0, 0.1) is 13.8 Å². The van der Waals surface area contributed by atoms with Crippen LogP contribution in [0.1, 0.15) is 17.4 Å². The number of benzene rings is 3. The standard InChI is InChI=1S/C28H19F6N3O4S/c1-15-35-24(27(29,30)31)14-37(15)23-11-8-19(18-4-3-5-21(12-18)42(38)39)13-22(23)25-26(40-16(2)36-25)17-6-9-20(10-7-17)41-28(32,33)34/h3-14,42H,1-2H3. The van der Waals surface area contributed by atoms with Gasteiger partial charge in [-0.2, -0.15) is 13.2 Å². The Morgan fingerprint density at radius 2 is 1.50 bits per heavy atom. The summed E-state index contributed by atoms with van der Waals surface area (Å²) < 4.78 is 113. The van der Waals surface area contributed by atoms with Crippen molar-refractivity contribution >= 4 is 10.7 Å². The molecule has 0 saturated heterocycles. The lowest BCUT2D eigenvalue weighted by atomic mass is 9.98. The van der Waals surface area contributed by atoms with Crippen LogP contribution in [0.25, 0.3) is 39.4 Å². The molecule has 0 N–H and O–H groups in total. The number of halogens is 6. The number of hydrogen-bond acceptors (Lipinski definition) is 6. The molecule has 0 aliphatic heterocycles. The van der Waals surface area contributed by atoms with E-state index in [0.29, 0.717) is 22.3 Å². The summed E-state index contributed by atoms with van der Waals surface area (Å²) in [6, 6.07) is 15.7. The molecule has 0 spiro atoms. The fourth-order valence-corrected chi connectivity index (χ4v) is 4.83. The quantitative estimate of drug-likeness (QED) is 0.160. The second-order valence-electron chi connectivity index (χ2n) is 9.06. The van der Waals surface area contributed by atoms with Crippen LogP contribution in [0.5, 0.6) is 5.75 Å². The van der Waals surface area contributed by atoms with Crippen LogP contribution in [0.3, 0.4) is 0 Å². The molecule has 5 aromatic rings. The number of oxazole rings is 1. The summed E-state index contributed by atoms with van der Waals surface area (Å²) in [5.41, 5.74) is 0.952. The number of rotatable bonds is 6. The van der Waals surface area contributed by atoms with E-state index in [1.54, 1.807) is 24.3 Å². The number of ether oxygens (including phenoxy) is 1. The summed E-state index contributed by atoms with van der Waals surface area (Å²) in [5, 5.41) is 0. The third kappa shape index (κ3) is 6.03. The van der Waals surface area contributed by atoms with Crippen LogP contribution in [0.15, 0.2) is 82.2 Å². The van der Waals surface area contributed by atoms with Crippen molar-refractivity contribution in [3.8, 4) is 45.1 Å². The molecule has 2 aromatic heterocycles. The third-order valence-electron chi connectivity index (χ3n) is 6.16. The molecule has 0 radical (unpaired) electrons. The zero-order chi connectivity index (χ0) is 30.4. The highest BCUT2D eigenvalue weighted by molar-refractivity contribution is 7.72. The lowest BCUT2D eigenvalue weighted by Crippen LogP contribution is -2.16. The Morgan fingerprint density at radius 1 is 0.833 bits per heavy atom. The van der Waals surface area contributed by atoms with E-state index in [2.05, 4.69) is 14.7 Å². The van der Waals surface area contributed by atoms with Crippen molar-refractivity contribution in [3.05, 3.63) is 90.3 Å². The molecule has 0 amide bonds. The molecular formula is C28H19F6N3O4S. The highest BCUT2D eigenvalue weighted by Crippen LogP contribution is 2.40. The molecule has 218 valence electrons. The number of alkyl halides is 6. The van der Waals surface area contributed by atoms with Crippen molar-refractivity contribution in [2.75, 3.05) is 0 Å². The average molecular weight is 608 g/mol. The van der Waals surface area contributed by atoms with Gasteiger partial charge >= 0.3 is 12.5 Å². The SMILES string of the molecule is Cc1nc(-c2cc(-c3cccc([SH](=O)=O)c3)ccc2-n2cc(C(F)(F)F)nc2C)c(-c2ccc(OC(F)(F)F)cc2)o1. The number of imidazole rings is 1. The molecule has 0 aliphatic carbocycles. The van der Waals surface area contributed by atoms with E-state index in [-0.39, 0.29) is 33.8 Å². The Morgan fingerprint density at radius 3 is 2.12 bits per heavy atom. The summed E-state index contributed by atoms with van der Waals surface area (Å²) in [7, 11) is -2.88. The lowest BCUT2D eigenvalue weighted by Gasteiger charge is -2.14. The van der Waals surface area contributed by atoms with Gasteiger partial charge < -0.3 is 13.7 Å². The molecule has 0 saturated carbocycles. The Bertz CT molecular complexity index is 1850. The molecule has 2 heterocycles. The van der Waals surface area contributed by atoms with Crippen LogP contribution in [-0.4, -0.2) is 29.3 Å². The van der Waals surface area contributed by atoms with Gasteiger partial charge in [0.15, 0.2) is 28.0 Å². The van der Waals surface area contributed by atoms with E-state index in [1.165, 1.54) is 48.7 Å². The van der Waals surface area contributed by atoms with Crippen molar-refractivity contribution in [1.29, 1.82) is 0 Å². The zero-order valence-electron chi connectivity index (χ0n) is 21.6. The molecule has 3 aromatic carbocycles. The number of aryl methyl sites for hydroxylation is 2. The fourth-order valence-electron chi connectivity index (χ4n) is 4.38. The molecule has 7 nitrogen and oxygen atoms in total. The summed E-state index contributed by atoms with van der Waals surface area (Å²) in [5.74, 6) is -0.126. The van der Waals surface area contributed by atoms with E-state index in [4.69, 9.17) is 4.42 Å². The number of aromatic nitrogens is 3. The summed E-state index contributed by atoms with van der Waals surface area (Å²) in [6.07, 6.45) is -8.76. The van der Waals surface area contributed by atoms with E-state index in [9.17, 15) is 34.8 Å². The van der Waals surface area contributed by atoms with Gasteiger partial charge in [-0.05, 0) is 66.6 Å². The molecule has 5 rings (SSSR count). The van der Waals surface area contributed by atoms with Gasteiger partial charge in [-0.15, -0.1) is 13.2 Å². The van der Waals surface area contributed by atoms with Gasteiger partial charge in [-0.25, -0.2) is 18.4 Å². The molecule has 14 heteroatoms. The molecule has 0 bridgehead atoms. The maximum Gasteiger partial charge on any atom is 0.573 e. The predicted octanol–water partition coefficient (Wildman–Crippen LogP) is 7.37. The van der Waals surface area contributed by atoms with Gasteiger partial charge in [0.05, 0.1) is 10.6 Å². The fraction of sp³-hybridized carbons (Fsp3) is 0.143. The van der Waals surface area contributed by atoms with Gasteiger partial charge in [0.25, 0.3) is 0 Å². The van der Waals surface area contributed by atoms with Crippen LogP contribution in [0.4, 0.5) is 26.3 Å². The van der Waals surface area contributed by atoms with Crippen molar-refractivity contribution in [2.45, 2.75) is 31.3 Å². The summed E-state index contributed by atoms with van der Waals surface area (Å²) in [4.78, 5) is 8.17. The topological polar surface area (TPSA) is 87.2 Å². The first-order valence-electron chi connectivity index (χ1n) is 12.1. The number of hydrogen-bond donors (Lipinski definition) is 1. The van der Waals surface area contributed by atoms with E-state index >= 15 is 0 Å². The first-order valence-corrected chi connectivity index (χ1v) is 13.2. The minimum atomic E-state index is -4.89. The van der Waals surface area contributed by atoms with Crippen molar-refractivity contribution in [3.63, 3.8) is 0 Å². The Hall–Kier alpha value is -4.59. The molecule has 0 unspecified atom stereocenters. The second-order valence-corrected chi connectivity index (χ2v) is 10.1. The number of nitrogens with zero attached hydrogens (tertiary/aromatic N) is 3. The van der Waals surface area contributed by atoms with Gasteiger partial charge in [0.1, 0.15) is 17.3 Å². The highest BCUT2D eigenvalue weighted by atomic mass is 32.2. The zero-order valence-corrected chi connectivity index (χ0v) is 22.5. The summed E-state index contributed by atoms with van der Waals surface area (Å²) >= 11 is 0. The van der Waals surface area contributed by atoms with Crippen LogP contribution in [-0.2, 0) is 16.9 Å². The normalized spacial score (nSPS) is 12.2. The molecule has 0 atom stereocenters. The Labute approximate surface area is 236 Å². The van der Waals surface area contributed by atoms with E-state index < -0.39 is 34.7 Å². The van der Waals surface area contributed by atoms with E-state index in [1.807, 2.05) is 0 Å². The second kappa shape index (κ2) is 10.7. The first-order chi connectivity index (χ1) is 19.7. The molecule has 42 heavy (non-hydrogen) atoms. The number of thiol groups is 1. The Kier molecular flexibility index (Phi) is 7.35. The molecule has 0 aliphatic rings. The lowest BCUT2D eigenvalue weighted by molar-refractivity contribution is -0.274. The minimum absolute atomic E-state index is 0.0251. The largest absolute Gasteiger partial charge is 0.573 e. The average Bonchev–Trinajstić information content (AvgIpc) is 3.50. The van der Waals surface area contributed by atoms with E-state index in [0.717, 1.165) is 18.3 Å². The monoisotopic (exact) mass is 607 g/mol. The molecular weight excluding hydrogens is 588 g/mol. The highest BCUT2D eigenvalue weighted by Gasteiger charge is 2.35. The van der Waals surface area contributed by atoms with Crippen molar-refractivity contribution in [1.82, 2.24) is 14.5 Å². The van der Waals surface area contributed by atoms with Crippen LogP contribution in [0.2, 0.25) is 0 Å². The maximum absolute atomic E-state index is 13.5. The smallest absolute Gasteiger partial charge is 0.440 e. The van der Waals surface area contributed by atoms with Crippen LogP contribution >= 0.6 is 0 Å². The predicted molar refractivity (Wildman–Crippen MR) is 140 cm³/mol. The van der Waals surface area contributed by atoms with Gasteiger partial charge in [-0.3, -0.25) is 0 Å². The van der Waals surface area contributed by atoms with Crippen molar-refractivity contribution in [2.24, 2.45) is 0 Å².